The van der Waals surface area contributed by atoms with Gasteiger partial charge in [0.25, 0.3) is 0 Å². The van der Waals surface area contributed by atoms with Crippen molar-refractivity contribution in [3.8, 4) is 0 Å². The molecule has 1 fully saturated rings. The van der Waals surface area contributed by atoms with Gasteiger partial charge in [0.2, 0.25) is 11.8 Å². The average molecular weight is 261 g/mol. The lowest BCUT2D eigenvalue weighted by Gasteiger charge is -2.24. The van der Waals surface area contributed by atoms with E-state index >= 15 is 0 Å². The zero-order valence-corrected chi connectivity index (χ0v) is 10.8. The number of nitrogens with one attached hydrogen (secondary N) is 1. The van der Waals surface area contributed by atoms with Crippen molar-refractivity contribution < 1.29 is 9.59 Å². The Morgan fingerprint density at radius 2 is 2.11 bits per heavy atom. The predicted molar refractivity (Wildman–Crippen MR) is 72.0 cm³/mol. The van der Waals surface area contributed by atoms with Gasteiger partial charge in [-0.05, 0) is 5.56 Å². The molecular formula is C14H19N3O2. The summed E-state index contributed by atoms with van der Waals surface area (Å²) in [7, 11) is 0. The highest BCUT2D eigenvalue weighted by Crippen LogP contribution is 2.15. The van der Waals surface area contributed by atoms with Gasteiger partial charge < -0.3 is 16.0 Å². The number of carbonyl (C=O) groups is 2. The van der Waals surface area contributed by atoms with Crippen LogP contribution in [-0.4, -0.2) is 36.3 Å². The van der Waals surface area contributed by atoms with E-state index in [4.69, 9.17) is 5.73 Å². The largest absolute Gasteiger partial charge is 0.355 e. The van der Waals surface area contributed by atoms with E-state index < -0.39 is 0 Å². The first-order valence-electron chi connectivity index (χ1n) is 6.50. The van der Waals surface area contributed by atoms with Crippen LogP contribution in [0.5, 0.6) is 0 Å². The molecule has 3 N–H and O–H groups in total. The Morgan fingerprint density at radius 1 is 1.37 bits per heavy atom. The first-order valence-corrected chi connectivity index (χ1v) is 6.50. The molecular weight excluding hydrogens is 242 g/mol. The molecule has 0 aliphatic carbocycles. The molecule has 1 aliphatic heterocycles. The summed E-state index contributed by atoms with van der Waals surface area (Å²) >= 11 is 0. The van der Waals surface area contributed by atoms with Crippen molar-refractivity contribution in [2.45, 2.75) is 13.0 Å². The normalized spacial score (nSPS) is 18.2. The number of hydrogen-bond acceptors (Lipinski definition) is 3. The predicted octanol–water partition coefficient (Wildman–Crippen LogP) is 0.110. The van der Waals surface area contributed by atoms with E-state index in [9.17, 15) is 9.59 Å². The van der Waals surface area contributed by atoms with Crippen LogP contribution >= 0.6 is 0 Å². The highest BCUT2D eigenvalue weighted by molar-refractivity contribution is 5.89. The standard InChI is InChI=1S/C14H19N3O2/c15-6-7-17(10-11-4-2-1-3-5-11)14(19)12-8-13(18)16-9-12/h1-5,12H,6-10,15H2,(H,16,18). The molecule has 1 atom stereocenters. The second-order valence-corrected chi connectivity index (χ2v) is 4.74. The molecule has 19 heavy (non-hydrogen) atoms. The topological polar surface area (TPSA) is 75.4 Å². The van der Waals surface area contributed by atoms with Gasteiger partial charge in [0.15, 0.2) is 0 Å². The molecule has 2 rings (SSSR count). The molecule has 5 nitrogen and oxygen atoms in total. The third kappa shape index (κ3) is 3.54. The van der Waals surface area contributed by atoms with Gasteiger partial charge in [-0.1, -0.05) is 30.3 Å². The molecule has 0 saturated carbocycles. The minimum atomic E-state index is -0.247. The maximum Gasteiger partial charge on any atom is 0.228 e. The van der Waals surface area contributed by atoms with Crippen molar-refractivity contribution in [3.05, 3.63) is 35.9 Å². The molecule has 1 unspecified atom stereocenters. The Balaban J connectivity index is 2.02. The number of carbonyl (C=O) groups excluding carboxylic acids is 2. The van der Waals surface area contributed by atoms with Crippen molar-refractivity contribution in [2.24, 2.45) is 11.7 Å². The summed E-state index contributed by atoms with van der Waals surface area (Å²) in [6.07, 6.45) is 0.286. The summed E-state index contributed by atoms with van der Waals surface area (Å²) < 4.78 is 0. The minimum Gasteiger partial charge on any atom is -0.355 e. The first kappa shape index (κ1) is 13.5. The van der Waals surface area contributed by atoms with Crippen LogP contribution in [-0.2, 0) is 16.1 Å². The number of rotatable bonds is 5. The fraction of sp³-hybridized carbons (Fsp3) is 0.429. The van der Waals surface area contributed by atoms with Gasteiger partial charge in [-0.3, -0.25) is 9.59 Å². The van der Waals surface area contributed by atoms with E-state index in [0.29, 0.717) is 26.2 Å². The Kier molecular flexibility index (Phi) is 4.52. The highest BCUT2D eigenvalue weighted by Gasteiger charge is 2.31. The molecule has 1 aliphatic rings. The summed E-state index contributed by atoms with van der Waals surface area (Å²) in [4.78, 5) is 25.3. The monoisotopic (exact) mass is 261 g/mol. The fourth-order valence-electron chi connectivity index (χ4n) is 2.26. The third-order valence-corrected chi connectivity index (χ3v) is 3.25. The lowest BCUT2D eigenvalue weighted by molar-refractivity contribution is -0.136. The number of amides is 2. The van der Waals surface area contributed by atoms with E-state index in [1.165, 1.54) is 0 Å². The van der Waals surface area contributed by atoms with E-state index in [1.54, 1.807) is 4.90 Å². The number of benzene rings is 1. The van der Waals surface area contributed by atoms with Crippen LogP contribution in [0.25, 0.3) is 0 Å². The molecule has 102 valence electrons. The SMILES string of the molecule is NCCN(Cc1ccccc1)C(=O)C1CNC(=O)C1. The molecule has 1 aromatic carbocycles. The van der Waals surface area contributed by atoms with Crippen LogP contribution in [0.4, 0.5) is 0 Å². The summed E-state index contributed by atoms with van der Waals surface area (Å²) in [5.74, 6) is -0.291. The summed E-state index contributed by atoms with van der Waals surface area (Å²) in [5.41, 5.74) is 6.64. The smallest absolute Gasteiger partial charge is 0.228 e. The van der Waals surface area contributed by atoms with Gasteiger partial charge in [-0.25, -0.2) is 0 Å². The average Bonchev–Trinajstić information content (AvgIpc) is 2.85. The Morgan fingerprint density at radius 3 is 2.68 bits per heavy atom. The summed E-state index contributed by atoms with van der Waals surface area (Å²) in [5, 5.41) is 2.69. The molecule has 1 saturated heterocycles. The van der Waals surface area contributed by atoms with Crippen molar-refractivity contribution in [1.29, 1.82) is 0 Å². The maximum atomic E-state index is 12.4. The first-order chi connectivity index (χ1) is 9.20. The van der Waals surface area contributed by atoms with Crippen molar-refractivity contribution >= 4 is 11.8 Å². The van der Waals surface area contributed by atoms with E-state index in [0.717, 1.165) is 5.56 Å². The lowest BCUT2D eigenvalue weighted by Crippen LogP contribution is -2.39. The van der Waals surface area contributed by atoms with E-state index in [-0.39, 0.29) is 24.2 Å². The van der Waals surface area contributed by atoms with Crippen LogP contribution in [0, 0.1) is 5.92 Å². The summed E-state index contributed by atoms with van der Waals surface area (Å²) in [6.45, 7) is 1.92. The quantitative estimate of drug-likeness (QED) is 0.790. The Hall–Kier alpha value is -1.88. The fourth-order valence-corrected chi connectivity index (χ4v) is 2.26. The zero-order valence-electron chi connectivity index (χ0n) is 10.8. The lowest BCUT2D eigenvalue weighted by atomic mass is 10.1. The van der Waals surface area contributed by atoms with E-state index in [2.05, 4.69) is 5.32 Å². The van der Waals surface area contributed by atoms with Gasteiger partial charge in [0.1, 0.15) is 0 Å². The van der Waals surface area contributed by atoms with Crippen molar-refractivity contribution in [2.75, 3.05) is 19.6 Å². The van der Waals surface area contributed by atoms with Crippen LogP contribution in [0.1, 0.15) is 12.0 Å². The number of nitrogens with two attached hydrogens (primary N) is 1. The minimum absolute atomic E-state index is 0.00709. The second-order valence-electron chi connectivity index (χ2n) is 4.74. The van der Waals surface area contributed by atoms with Crippen LogP contribution in [0.2, 0.25) is 0 Å². The molecule has 1 aromatic rings. The Labute approximate surface area is 112 Å². The highest BCUT2D eigenvalue weighted by atomic mass is 16.2. The van der Waals surface area contributed by atoms with Gasteiger partial charge in [-0.2, -0.15) is 0 Å². The van der Waals surface area contributed by atoms with Crippen molar-refractivity contribution in [3.63, 3.8) is 0 Å². The van der Waals surface area contributed by atoms with Crippen molar-refractivity contribution in [1.82, 2.24) is 10.2 Å². The molecule has 0 aromatic heterocycles. The molecule has 5 heteroatoms. The van der Waals surface area contributed by atoms with Crippen LogP contribution < -0.4 is 11.1 Å². The third-order valence-electron chi connectivity index (χ3n) is 3.25. The number of nitrogens with zero attached hydrogens (tertiary/aromatic N) is 1. The van der Waals surface area contributed by atoms with E-state index in [1.807, 2.05) is 30.3 Å². The van der Waals surface area contributed by atoms with Crippen LogP contribution in [0.3, 0.4) is 0 Å². The molecule has 0 radical (unpaired) electrons. The van der Waals surface area contributed by atoms with Gasteiger partial charge in [-0.15, -0.1) is 0 Å². The van der Waals surface area contributed by atoms with Crippen LogP contribution in [0.15, 0.2) is 30.3 Å². The molecule has 1 heterocycles. The maximum absolute atomic E-state index is 12.4. The van der Waals surface area contributed by atoms with Gasteiger partial charge in [0.05, 0.1) is 5.92 Å². The second kappa shape index (κ2) is 6.33. The summed E-state index contributed by atoms with van der Waals surface area (Å²) in [6, 6.07) is 9.80. The van der Waals surface area contributed by atoms with Gasteiger partial charge >= 0.3 is 0 Å². The molecule has 0 bridgehead atoms. The molecule has 2 amide bonds. The number of hydrogen-bond donors (Lipinski definition) is 2. The Bertz CT molecular complexity index is 447. The van der Waals surface area contributed by atoms with Gasteiger partial charge in [0, 0.05) is 32.6 Å². The zero-order chi connectivity index (χ0) is 13.7. The molecule has 0 spiro atoms.